The number of hydrogen-bond donors (Lipinski definition) is 0. The van der Waals surface area contributed by atoms with Gasteiger partial charge in [-0.1, -0.05) is 84.9 Å². The van der Waals surface area contributed by atoms with Crippen LogP contribution in [0.1, 0.15) is 15.9 Å². The molecule has 2 nitrogen and oxygen atoms in total. The number of rotatable bonds is 3. The Morgan fingerprint density at radius 3 is 2.00 bits per heavy atom. The molecule has 0 fully saturated rings. The minimum absolute atomic E-state index is 0.0559. The number of aryl methyl sites for hydroxylation is 1. The molecule has 0 atom stereocenters. The van der Waals surface area contributed by atoms with Gasteiger partial charge in [-0.15, -0.1) is 0 Å². The first-order chi connectivity index (χ1) is 13.7. The number of benzene rings is 4. The van der Waals surface area contributed by atoms with Gasteiger partial charge >= 0.3 is 0 Å². The van der Waals surface area contributed by atoms with Crippen LogP contribution in [0.3, 0.4) is 0 Å². The number of ketones is 1. The van der Waals surface area contributed by atoms with Gasteiger partial charge in [-0.2, -0.15) is 0 Å². The number of hydrogen-bond acceptors (Lipinski definition) is 1. The normalized spacial score (nSPS) is 11.2. The predicted octanol–water partition coefficient (Wildman–Crippen LogP) is 6.23. The van der Waals surface area contributed by atoms with Gasteiger partial charge in [0.05, 0.1) is 0 Å². The zero-order valence-corrected chi connectivity index (χ0v) is 15.6. The van der Waals surface area contributed by atoms with Crippen molar-refractivity contribution in [2.24, 2.45) is 7.05 Å². The second-order valence-corrected chi connectivity index (χ2v) is 7.13. The molecule has 0 bridgehead atoms. The van der Waals surface area contributed by atoms with Crippen LogP contribution in [0.4, 0.5) is 0 Å². The van der Waals surface area contributed by atoms with E-state index in [1.54, 1.807) is 0 Å². The summed E-state index contributed by atoms with van der Waals surface area (Å²) in [5.41, 5.74) is 3.53. The highest BCUT2D eigenvalue weighted by Gasteiger charge is 2.19. The summed E-state index contributed by atoms with van der Waals surface area (Å²) < 4.78 is 1.97. The molecule has 0 radical (unpaired) electrons. The van der Waals surface area contributed by atoms with Gasteiger partial charge in [0, 0.05) is 36.1 Å². The highest BCUT2D eigenvalue weighted by molar-refractivity contribution is 6.19. The zero-order chi connectivity index (χ0) is 19.1. The van der Waals surface area contributed by atoms with Crippen molar-refractivity contribution in [1.29, 1.82) is 0 Å². The fraction of sp³-hybridized carbons (Fsp3) is 0.0385. The lowest BCUT2D eigenvalue weighted by Gasteiger charge is -2.09. The van der Waals surface area contributed by atoms with Crippen LogP contribution in [0.15, 0.2) is 97.3 Å². The Kier molecular flexibility index (Phi) is 3.84. The maximum atomic E-state index is 13.6. The van der Waals surface area contributed by atoms with E-state index in [-0.39, 0.29) is 5.78 Å². The molecule has 4 aromatic carbocycles. The second kappa shape index (κ2) is 6.50. The summed E-state index contributed by atoms with van der Waals surface area (Å²) in [6.07, 6.45) is 3.97. The van der Waals surface area contributed by atoms with Crippen molar-refractivity contribution in [2.45, 2.75) is 0 Å². The monoisotopic (exact) mass is 361 g/mol. The molecule has 5 rings (SSSR count). The molecule has 0 spiro atoms. The summed E-state index contributed by atoms with van der Waals surface area (Å²) in [6.45, 7) is 0. The van der Waals surface area contributed by atoms with E-state index in [2.05, 4.69) is 30.3 Å². The third-order valence-corrected chi connectivity index (χ3v) is 5.31. The Balaban J connectivity index is 1.73. The molecule has 0 amide bonds. The first-order valence-corrected chi connectivity index (χ1v) is 9.39. The Hall–Kier alpha value is -3.65. The van der Waals surface area contributed by atoms with Gasteiger partial charge in [0.2, 0.25) is 0 Å². The first-order valence-electron chi connectivity index (χ1n) is 9.39. The van der Waals surface area contributed by atoms with Crippen LogP contribution in [-0.4, -0.2) is 10.4 Å². The van der Waals surface area contributed by atoms with Crippen LogP contribution in [0, 0.1) is 0 Å². The van der Waals surface area contributed by atoms with Gasteiger partial charge in [0.15, 0.2) is 5.78 Å². The van der Waals surface area contributed by atoms with E-state index in [1.807, 2.05) is 78.6 Å². The number of nitrogens with zero attached hydrogens (tertiary/aromatic N) is 1. The largest absolute Gasteiger partial charge is 0.356 e. The number of carbonyl (C=O) groups excluding carboxylic acids is 1. The van der Waals surface area contributed by atoms with E-state index in [4.69, 9.17) is 0 Å². The number of aromatic nitrogens is 1. The molecule has 0 aliphatic carbocycles. The molecule has 28 heavy (non-hydrogen) atoms. The molecule has 2 heteroatoms. The molecular formula is C26H19NO. The minimum Gasteiger partial charge on any atom is -0.356 e. The molecule has 5 aromatic rings. The van der Waals surface area contributed by atoms with Gasteiger partial charge in [-0.05, 0) is 27.1 Å². The Morgan fingerprint density at radius 2 is 1.21 bits per heavy atom. The molecule has 0 saturated carbocycles. The van der Waals surface area contributed by atoms with E-state index >= 15 is 0 Å². The second-order valence-electron chi connectivity index (χ2n) is 7.13. The molecular weight excluding hydrogens is 342 g/mol. The van der Waals surface area contributed by atoms with E-state index < -0.39 is 0 Å². The third kappa shape index (κ3) is 2.62. The van der Waals surface area contributed by atoms with Gasteiger partial charge < -0.3 is 4.57 Å². The van der Waals surface area contributed by atoms with Gasteiger partial charge in [0.25, 0.3) is 0 Å². The Labute approximate surface area is 163 Å². The lowest BCUT2D eigenvalue weighted by Crippen LogP contribution is -2.03. The fourth-order valence-corrected chi connectivity index (χ4v) is 4.01. The van der Waals surface area contributed by atoms with E-state index in [1.165, 1.54) is 5.39 Å². The van der Waals surface area contributed by atoms with Gasteiger partial charge in [0.1, 0.15) is 0 Å². The van der Waals surface area contributed by atoms with Crippen LogP contribution in [0.25, 0.3) is 32.7 Å². The maximum absolute atomic E-state index is 13.6. The highest BCUT2D eigenvalue weighted by atomic mass is 16.1. The average Bonchev–Trinajstić information content (AvgIpc) is 3.14. The molecule has 0 saturated heterocycles. The smallest absolute Gasteiger partial charge is 0.195 e. The molecule has 1 aromatic heterocycles. The lowest BCUT2D eigenvalue weighted by atomic mass is 9.92. The van der Waals surface area contributed by atoms with Crippen molar-refractivity contribution in [1.82, 2.24) is 4.57 Å². The minimum atomic E-state index is 0.0559. The number of carbonyl (C=O) groups is 1. The predicted molar refractivity (Wildman–Crippen MR) is 116 cm³/mol. The van der Waals surface area contributed by atoms with Crippen LogP contribution in [0.2, 0.25) is 0 Å². The molecule has 0 aliphatic heterocycles. The zero-order valence-electron chi connectivity index (χ0n) is 15.6. The summed E-state index contributed by atoms with van der Waals surface area (Å²) in [4.78, 5) is 13.6. The van der Waals surface area contributed by atoms with Crippen LogP contribution in [0.5, 0.6) is 0 Å². The SMILES string of the molecule is Cn1cc(C(=O)c2cccc3ccccc23)c(-c2cccc3ccccc23)c1. The van der Waals surface area contributed by atoms with Crippen molar-refractivity contribution in [3.05, 3.63) is 108 Å². The fourth-order valence-electron chi connectivity index (χ4n) is 4.01. The lowest BCUT2D eigenvalue weighted by molar-refractivity contribution is 0.104. The Bertz CT molecular complexity index is 1330. The molecule has 0 N–H and O–H groups in total. The molecule has 134 valence electrons. The van der Waals surface area contributed by atoms with Gasteiger partial charge in [-0.3, -0.25) is 4.79 Å². The topological polar surface area (TPSA) is 22.0 Å². The first kappa shape index (κ1) is 16.5. The summed E-state index contributed by atoms with van der Waals surface area (Å²) in [5.74, 6) is 0.0559. The Morgan fingerprint density at radius 1 is 0.607 bits per heavy atom. The molecule has 1 heterocycles. The van der Waals surface area contributed by atoms with Crippen LogP contribution < -0.4 is 0 Å². The van der Waals surface area contributed by atoms with Crippen molar-refractivity contribution in [3.8, 4) is 11.1 Å². The average molecular weight is 361 g/mol. The van der Waals surface area contributed by atoms with Gasteiger partial charge in [-0.25, -0.2) is 0 Å². The van der Waals surface area contributed by atoms with Crippen molar-refractivity contribution < 1.29 is 4.79 Å². The highest BCUT2D eigenvalue weighted by Crippen LogP contribution is 2.33. The van der Waals surface area contributed by atoms with Crippen molar-refractivity contribution in [3.63, 3.8) is 0 Å². The maximum Gasteiger partial charge on any atom is 0.195 e. The summed E-state index contributed by atoms with van der Waals surface area (Å²) in [6, 6.07) is 28.5. The quantitative estimate of drug-likeness (QED) is 0.349. The summed E-state index contributed by atoms with van der Waals surface area (Å²) in [5, 5.41) is 4.40. The van der Waals surface area contributed by atoms with Crippen molar-refractivity contribution >= 4 is 27.3 Å². The number of fused-ring (bicyclic) bond motifs is 2. The molecule has 0 unspecified atom stereocenters. The van der Waals surface area contributed by atoms with Crippen LogP contribution >= 0.6 is 0 Å². The van der Waals surface area contributed by atoms with E-state index in [0.717, 1.165) is 38.4 Å². The summed E-state index contributed by atoms with van der Waals surface area (Å²) >= 11 is 0. The summed E-state index contributed by atoms with van der Waals surface area (Å²) in [7, 11) is 1.97. The molecule has 0 aliphatic rings. The van der Waals surface area contributed by atoms with E-state index in [0.29, 0.717) is 0 Å². The van der Waals surface area contributed by atoms with Crippen LogP contribution in [-0.2, 0) is 7.05 Å². The standard InChI is InChI=1S/C26H19NO/c1-27-16-24(22-14-6-10-18-8-2-4-12-20(18)22)25(17-27)26(28)23-15-7-11-19-9-3-5-13-21(19)23/h2-17H,1H3. The third-order valence-electron chi connectivity index (χ3n) is 5.31. The van der Waals surface area contributed by atoms with E-state index in [9.17, 15) is 4.79 Å². The van der Waals surface area contributed by atoms with Crippen molar-refractivity contribution in [2.75, 3.05) is 0 Å².